The Kier molecular flexibility index (Phi) is 4.76. The van der Waals surface area contributed by atoms with Crippen LogP contribution >= 0.6 is 0 Å². The molecule has 1 aromatic rings. The van der Waals surface area contributed by atoms with Gasteiger partial charge >= 0.3 is 12.3 Å². The number of rotatable bonds is 4. The van der Waals surface area contributed by atoms with E-state index in [2.05, 4.69) is 20.5 Å². The number of aromatic nitrogens is 3. The fraction of sp³-hybridized carbons (Fsp3) is 0.647. The lowest BCUT2D eigenvalue weighted by Crippen LogP contribution is -2.35. The van der Waals surface area contributed by atoms with Crippen LogP contribution in [0.1, 0.15) is 49.8 Å². The molecule has 8 nitrogen and oxygen atoms in total. The molecule has 0 spiro atoms. The maximum Gasteiger partial charge on any atom is 0.407 e. The van der Waals surface area contributed by atoms with E-state index in [0.29, 0.717) is 18.7 Å². The number of alkyl carbamates (subject to hydrolysis) is 1. The molecule has 2 unspecified atom stereocenters. The summed E-state index contributed by atoms with van der Waals surface area (Å²) in [5.74, 6) is 1.68. The summed E-state index contributed by atoms with van der Waals surface area (Å²) in [5.41, 5.74) is 0. The highest BCUT2D eigenvalue weighted by Gasteiger charge is 2.42. The molecule has 1 aromatic heterocycles. The van der Waals surface area contributed by atoms with Gasteiger partial charge in [-0.15, -0.1) is 10.2 Å². The molecule has 152 valence electrons. The van der Waals surface area contributed by atoms with Gasteiger partial charge in [-0.25, -0.2) is 4.79 Å². The summed E-state index contributed by atoms with van der Waals surface area (Å²) in [5, 5.41) is 13.5. The van der Waals surface area contributed by atoms with Gasteiger partial charge in [0, 0.05) is 5.92 Å². The number of nitrogens with zero attached hydrogens (tertiary/aromatic N) is 4. The van der Waals surface area contributed by atoms with Crippen LogP contribution in [0, 0.1) is 5.92 Å². The van der Waals surface area contributed by atoms with E-state index < -0.39 is 24.9 Å². The predicted octanol–water partition coefficient (Wildman–Crippen LogP) is 2.26. The van der Waals surface area contributed by atoms with Gasteiger partial charge in [0.1, 0.15) is 24.6 Å². The van der Waals surface area contributed by atoms with E-state index in [-0.39, 0.29) is 24.0 Å². The molecule has 28 heavy (non-hydrogen) atoms. The maximum absolute atomic E-state index is 12.3. The van der Waals surface area contributed by atoms with E-state index in [1.807, 2.05) is 23.8 Å². The number of hydrogen-bond acceptors (Lipinski definition) is 6. The summed E-state index contributed by atoms with van der Waals surface area (Å²) >= 11 is 0. The third-order valence-electron chi connectivity index (χ3n) is 5.50. The second kappa shape index (κ2) is 7.10. The highest BCUT2D eigenvalue weighted by Crippen LogP contribution is 2.43. The van der Waals surface area contributed by atoms with Crippen LogP contribution in [0.2, 0.25) is 0 Å². The number of hydrogen-bond donors (Lipinski definition) is 2. The Morgan fingerprint density at radius 3 is 2.96 bits per heavy atom. The molecule has 1 aliphatic carbocycles. The lowest BCUT2D eigenvalue weighted by Gasteiger charge is -2.26. The lowest BCUT2D eigenvalue weighted by atomic mass is 9.92. The van der Waals surface area contributed by atoms with Gasteiger partial charge in [-0.3, -0.25) is 9.56 Å². The average molecular weight is 398 g/mol. The van der Waals surface area contributed by atoms with Crippen molar-refractivity contribution in [3.05, 3.63) is 23.9 Å². The van der Waals surface area contributed by atoms with Crippen LogP contribution in [-0.4, -0.2) is 52.1 Å². The Morgan fingerprint density at radius 2 is 2.21 bits per heavy atom. The standard InChI is InChI=1S/C17H21F3N6O2/c1-2-9-5-10(28-16(27)23-8-17(18,19)20)6-11(9)15-25-24-13-7-22-14-12(26(13)15)3-4-21-14/h3-4,7,9-12,14,21H,2,5-6,8H2,1H3,(H,23,27)/t9-,10+,11+,12?,14?/m1/s1. The first-order valence-corrected chi connectivity index (χ1v) is 9.27. The van der Waals surface area contributed by atoms with Crippen LogP contribution in [0.15, 0.2) is 17.3 Å². The molecule has 3 aliphatic rings. The summed E-state index contributed by atoms with van der Waals surface area (Å²) in [6, 6.07) is -0.0161. The van der Waals surface area contributed by atoms with Gasteiger partial charge in [-0.1, -0.05) is 13.3 Å². The molecule has 0 aromatic carbocycles. The first-order valence-electron chi connectivity index (χ1n) is 9.27. The number of halogens is 3. The van der Waals surface area contributed by atoms with E-state index >= 15 is 0 Å². The summed E-state index contributed by atoms with van der Waals surface area (Å²) in [7, 11) is 0. The monoisotopic (exact) mass is 398 g/mol. The van der Waals surface area contributed by atoms with Crippen molar-refractivity contribution in [2.45, 2.75) is 56.6 Å². The summed E-state index contributed by atoms with van der Waals surface area (Å²) in [6.07, 6.45) is 1.41. The Balaban J connectivity index is 1.47. The molecule has 2 N–H and O–H groups in total. The van der Waals surface area contributed by atoms with Crippen molar-refractivity contribution in [1.82, 2.24) is 25.4 Å². The molecule has 1 fully saturated rings. The van der Waals surface area contributed by atoms with Crippen molar-refractivity contribution in [3.63, 3.8) is 0 Å². The molecule has 0 bridgehead atoms. The first-order chi connectivity index (χ1) is 13.4. The number of alkyl halides is 3. The third-order valence-corrected chi connectivity index (χ3v) is 5.50. The minimum atomic E-state index is -4.47. The fourth-order valence-electron chi connectivity index (χ4n) is 4.23. The SMILES string of the molecule is CC[C@@H]1C[C@H](OC(=O)NCC(F)(F)F)C[C@@H]1c1nnc2n1C1C=CNC1N=C2. The first kappa shape index (κ1) is 18.8. The van der Waals surface area contributed by atoms with Gasteiger partial charge in [0.15, 0.2) is 5.82 Å². The predicted molar refractivity (Wildman–Crippen MR) is 92.8 cm³/mol. The van der Waals surface area contributed by atoms with Crippen LogP contribution < -0.4 is 10.6 Å². The van der Waals surface area contributed by atoms with E-state index in [4.69, 9.17) is 4.74 Å². The van der Waals surface area contributed by atoms with Crippen molar-refractivity contribution in [3.8, 4) is 0 Å². The van der Waals surface area contributed by atoms with Gasteiger partial charge in [0.2, 0.25) is 0 Å². The quantitative estimate of drug-likeness (QED) is 0.812. The Morgan fingerprint density at radius 1 is 1.39 bits per heavy atom. The minimum absolute atomic E-state index is 0.00724. The molecule has 0 radical (unpaired) electrons. The smallest absolute Gasteiger partial charge is 0.407 e. The van der Waals surface area contributed by atoms with Gasteiger partial charge < -0.3 is 15.4 Å². The Labute approximate surface area is 159 Å². The van der Waals surface area contributed by atoms with Crippen molar-refractivity contribution in [1.29, 1.82) is 0 Å². The molecule has 11 heteroatoms. The van der Waals surface area contributed by atoms with Crippen LogP contribution in [0.5, 0.6) is 0 Å². The highest BCUT2D eigenvalue weighted by molar-refractivity contribution is 5.76. The summed E-state index contributed by atoms with van der Waals surface area (Å²) in [4.78, 5) is 16.1. The zero-order valence-electron chi connectivity index (χ0n) is 15.2. The number of amides is 1. The van der Waals surface area contributed by atoms with Crippen LogP contribution in [-0.2, 0) is 4.74 Å². The second-order valence-corrected chi connectivity index (χ2v) is 7.27. The van der Waals surface area contributed by atoms with Crippen molar-refractivity contribution >= 4 is 12.3 Å². The Hall–Kier alpha value is -2.59. The molecule has 2 aliphatic heterocycles. The number of ether oxygens (including phenoxy) is 1. The van der Waals surface area contributed by atoms with Crippen LogP contribution in [0.4, 0.5) is 18.0 Å². The number of carbonyl (C=O) groups excluding carboxylic acids is 1. The van der Waals surface area contributed by atoms with Gasteiger partial charge in [0.05, 0.1) is 12.3 Å². The van der Waals surface area contributed by atoms with E-state index in [9.17, 15) is 18.0 Å². The maximum atomic E-state index is 12.3. The van der Waals surface area contributed by atoms with Gasteiger partial charge in [-0.2, -0.15) is 13.2 Å². The molecule has 4 rings (SSSR count). The fourth-order valence-corrected chi connectivity index (χ4v) is 4.23. The van der Waals surface area contributed by atoms with E-state index in [1.54, 1.807) is 11.5 Å². The molecule has 0 saturated heterocycles. The van der Waals surface area contributed by atoms with Crippen molar-refractivity contribution in [2.24, 2.45) is 10.9 Å². The molecular weight excluding hydrogens is 377 g/mol. The van der Waals surface area contributed by atoms with Crippen LogP contribution in [0.3, 0.4) is 0 Å². The van der Waals surface area contributed by atoms with E-state index in [1.165, 1.54) is 0 Å². The van der Waals surface area contributed by atoms with Crippen molar-refractivity contribution in [2.75, 3.05) is 6.54 Å². The van der Waals surface area contributed by atoms with Crippen molar-refractivity contribution < 1.29 is 22.7 Å². The minimum Gasteiger partial charge on any atom is -0.446 e. The van der Waals surface area contributed by atoms with Gasteiger partial charge in [0.25, 0.3) is 0 Å². The zero-order valence-corrected chi connectivity index (χ0v) is 15.2. The largest absolute Gasteiger partial charge is 0.446 e. The molecule has 5 atom stereocenters. The average Bonchev–Trinajstić information content (AvgIpc) is 3.35. The number of aliphatic imine (C=N–C) groups is 1. The number of fused-ring (bicyclic) bond motifs is 3. The normalized spacial score (nSPS) is 30.6. The molecular formula is C17H21F3N6O2. The highest BCUT2D eigenvalue weighted by atomic mass is 19.4. The summed E-state index contributed by atoms with van der Waals surface area (Å²) < 4.78 is 44.0. The Bertz CT molecular complexity index is 805. The van der Waals surface area contributed by atoms with Crippen LogP contribution in [0.25, 0.3) is 0 Å². The van der Waals surface area contributed by atoms with Gasteiger partial charge in [-0.05, 0) is 31.0 Å². The third kappa shape index (κ3) is 3.57. The number of carbonyl (C=O) groups is 1. The molecule has 1 saturated carbocycles. The second-order valence-electron chi connectivity index (χ2n) is 7.27. The molecule has 3 heterocycles. The summed E-state index contributed by atoms with van der Waals surface area (Å²) in [6.45, 7) is 0.636. The molecule has 1 amide bonds. The van der Waals surface area contributed by atoms with E-state index in [0.717, 1.165) is 12.2 Å². The number of nitrogens with one attached hydrogen (secondary N) is 2. The lowest BCUT2D eigenvalue weighted by molar-refractivity contribution is -0.124. The topological polar surface area (TPSA) is 93.4 Å². The zero-order chi connectivity index (χ0) is 19.9.